The average Bonchev–Trinajstić information content (AvgIpc) is 3.05. The van der Waals surface area contributed by atoms with Crippen LogP contribution in [0.15, 0.2) is 53.2 Å². The molecule has 0 N–H and O–H groups in total. The molecule has 2 aromatic heterocycles. The fraction of sp³-hybridized carbons (Fsp3) is 0.316. The number of pyridine rings is 1. The molecule has 1 aliphatic rings. The van der Waals surface area contributed by atoms with Crippen molar-refractivity contribution in [3.63, 3.8) is 0 Å². The molecule has 0 spiro atoms. The highest BCUT2D eigenvalue weighted by atomic mass is 16.5. The second-order valence-corrected chi connectivity index (χ2v) is 6.16. The van der Waals surface area contributed by atoms with Crippen molar-refractivity contribution in [2.45, 2.75) is 31.7 Å². The van der Waals surface area contributed by atoms with Gasteiger partial charge in [-0.25, -0.2) is 0 Å². The molecule has 1 atom stereocenters. The predicted octanol–water partition coefficient (Wildman–Crippen LogP) is 3.52. The molecule has 5 nitrogen and oxygen atoms in total. The minimum atomic E-state index is 0.0608. The van der Waals surface area contributed by atoms with E-state index in [1.807, 2.05) is 47.4 Å². The van der Waals surface area contributed by atoms with E-state index in [0.29, 0.717) is 5.69 Å². The van der Waals surface area contributed by atoms with Crippen LogP contribution in [0, 0.1) is 0 Å². The Balaban J connectivity index is 1.58. The summed E-state index contributed by atoms with van der Waals surface area (Å²) >= 11 is 0. The molecule has 0 saturated carbocycles. The lowest BCUT2D eigenvalue weighted by atomic mass is 9.98. The number of carbonyl (C=O) groups is 1. The third-order valence-corrected chi connectivity index (χ3v) is 4.62. The second-order valence-electron chi connectivity index (χ2n) is 6.16. The molecule has 0 aliphatic carbocycles. The van der Waals surface area contributed by atoms with Crippen LogP contribution < -0.4 is 0 Å². The number of nitrogens with zero attached hydrogens (tertiary/aromatic N) is 3. The summed E-state index contributed by atoms with van der Waals surface area (Å²) in [6, 6.07) is 13.6. The first-order valence-electron chi connectivity index (χ1n) is 8.36. The Morgan fingerprint density at radius 2 is 2.04 bits per heavy atom. The summed E-state index contributed by atoms with van der Waals surface area (Å²) in [5.74, 6) is 0.0874. The van der Waals surface area contributed by atoms with Gasteiger partial charge in [0, 0.05) is 18.1 Å². The van der Waals surface area contributed by atoms with Gasteiger partial charge in [-0.2, -0.15) is 0 Å². The van der Waals surface area contributed by atoms with E-state index < -0.39 is 0 Å². The highest BCUT2D eigenvalue weighted by Crippen LogP contribution is 2.30. The van der Waals surface area contributed by atoms with Gasteiger partial charge >= 0.3 is 0 Å². The van der Waals surface area contributed by atoms with Gasteiger partial charge in [0.05, 0.1) is 18.2 Å². The highest BCUT2D eigenvalue weighted by Gasteiger charge is 2.29. The van der Waals surface area contributed by atoms with Gasteiger partial charge in [-0.3, -0.25) is 9.78 Å². The number of fused-ring (bicyclic) bond motifs is 1. The van der Waals surface area contributed by atoms with Crippen molar-refractivity contribution in [1.82, 2.24) is 15.0 Å². The van der Waals surface area contributed by atoms with E-state index in [4.69, 9.17) is 4.52 Å². The molecule has 24 heavy (non-hydrogen) atoms. The van der Waals surface area contributed by atoms with E-state index in [9.17, 15) is 4.79 Å². The molecular formula is C19H19N3O2. The first-order valence-corrected chi connectivity index (χ1v) is 8.36. The fourth-order valence-corrected chi connectivity index (χ4v) is 3.42. The molecule has 1 aromatic carbocycles. The molecule has 1 amide bonds. The van der Waals surface area contributed by atoms with Crippen LogP contribution in [0.1, 0.15) is 36.7 Å². The first-order chi connectivity index (χ1) is 11.8. The van der Waals surface area contributed by atoms with Gasteiger partial charge < -0.3 is 9.42 Å². The molecule has 5 heteroatoms. The number of rotatable bonds is 3. The molecule has 3 aromatic rings. The van der Waals surface area contributed by atoms with Gasteiger partial charge in [0.1, 0.15) is 5.69 Å². The topological polar surface area (TPSA) is 59.2 Å². The molecular weight excluding hydrogens is 302 g/mol. The van der Waals surface area contributed by atoms with Gasteiger partial charge in [0.2, 0.25) is 5.91 Å². The van der Waals surface area contributed by atoms with Crippen LogP contribution in [0.2, 0.25) is 0 Å². The molecule has 1 saturated heterocycles. The van der Waals surface area contributed by atoms with Crippen molar-refractivity contribution in [2.75, 3.05) is 6.54 Å². The Hall–Kier alpha value is -2.69. The number of para-hydroxylation sites is 1. The first kappa shape index (κ1) is 14.9. The van der Waals surface area contributed by atoms with Crippen molar-refractivity contribution in [2.24, 2.45) is 0 Å². The van der Waals surface area contributed by atoms with Crippen molar-refractivity contribution in [3.05, 3.63) is 60.0 Å². The highest BCUT2D eigenvalue weighted by molar-refractivity contribution is 5.86. The molecule has 0 bridgehead atoms. The number of benzene rings is 1. The maximum atomic E-state index is 12.9. The molecule has 1 fully saturated rings. The SMILES string of the molecule is O=C(Cc1noc2ccccc12)N1CCCC[C@@H]1c1ccccn1. The minimum absolute atomic E-state index is 0.0608. The predicted molar refractivity (Wildman–Crippen MR) is 90.3 cm³/mol. The standard InChI is InChI=1S/C19H19N3O2/c23-19(13-16-14-7-1-2-10-18(14)24-21-16)22-12-6-4-9-17(22)15-8-3-5-11-20-15/h1-3,5,7-8,10-11,17H,4,6,9,12-13H2/t17-/m1/s1. The van der Waals surface area contributed by atoms with E-state index in [0.717, 1.165) is 42.5 Å². The molecule has 122 valence electrons. The number of carbonyl (C=O) groups excluding carboxylic acids is 1. The number of amides is 1. The normalized spacial score (nSPS) is 18.0. The van der Waals surface area contributed by atoms with Gasteiger partial charge in [0.25, 0.3) is 0 Å². The second kappa shape index (κ2) is 6.43. The van der Waals surface area contributed by atoms with Crippen molar-refractivity contribution < 1.29 is 9.32 Å². The molecule has 0 unspecified atom stereocenters. The van der Waals surface area contributed by atoms with Crippen LogP contribution in [0.5, 0.6) is 0 Å². The van der Waals surface area contributed by atoms with Gasteiger partial charge in [-0.05, 0) is 43.5 Å². The van der Waals surface area contributed by atoms with Crippen molar-refractivity contribution >= 4 is 16.9 Å². The third-order valence-electron chi connectivity index (χ3n) is 4.62. The van der Waals surface area contributed by atoms with E-state index >= 15 is 0 Å². The Labute approximate surface area is 140 Å². The lowest BCUT2D eigenvalue weighted by Crippen LogP contribution is -2.39. The maximum absolute atomic E-state index is 12.9. The van der Waals surface area contributed by atoms with Crippen LogP contribution >= 0.6 is 0 Å². The average molecular weight is 321 g/mol. The molecule has 0 radical (unpaired) electrons. The summed E-state index contributed by atoms with van der Waals surface area (Å²) in [6.45, 7) is 0.774. The fourth-order valence-electron chi connectivity index (χ4n) is 3.42. The van der Waals surface area contributed by atoms with Crippen molar-refractivity contribution in [3.8, 4) is 0 Å². The quantitative estimate of drug-likeness (QED) is 0.740. The molecule has 1 aliphatic heterocycles. The zero-order valence-corrected chi connectivity index (χ0v) is 13.4. The zero-order valence-electron chi connectivity index (χ0n) is 13.4. The van der Waals surface area contributed by atoms with Crippen LogP contribution in [-0.2, 0) is 11.2 Å². The zero-order chi connectivity index (χ0) is 16.4. The summed E-state index contributed by atoms with van der Waals surface area (Å²) < 4.78 is 5.32. The summed E-state index contributed by atoms with van der Waals surface area (Å²) in [6.07, 6.45) is 5.17. The van der Waals surface area contributed by atoms with Crippen molar-refractivity contribution in [1.29, 1.82) is 0 Å². The lowest BCUT2D eigenvalue weighted by Gasteiger charge is -2.35. The largest absolute Gasteiger partial charge is 0.356 e. The number of likely N-dealkylation sites (tertiary alicyclic amines) is 1. The van der Waals surface area contributed by atoms with Crippen LogP contribution in [-0.4, -0.2) is 27.5 Å². The summed E-state index contributed by atoms with van der Waals surface area (Å²) in [5, 5.41) is 5.00. The van der Waals surface area contributed by atoms with Crippen LogP contribution in [0.4, 0.5) is 0 Å². The Morgan fingerprint density at radius 1 is 1.17 bits per heavy atom. The van der Waals surface area contributed by atoms with Gasteiger partial charge in [-0.1, -0.05) is 23.4 Å². The number of aromatic nitrogens is 2. The number of hydrogen-bond donors (Lipinski definition) is 0. The van der Waals surface area contributed by atoms with Gasteiger partial charge in [-0.15, -0.1) is 0 Å². The van der Waals surface area contributed by atoms with E-state index in [1.54, 1.807) is 6.20 Å². The summed E-state index contributed by atoms with van der Waals surface area (Å²) in [7, 11) is 0. The monoisotopic (exact) mass is 321 g/mol. The van der Waals surface area contributed by atoms with E-state index in [2.05, 4.69) is 10.1 Å². The maximum Gasteiger partial charge on any atom is 0.229 e. The van der Waals surface area contributed by atoms with Crippen LogP contribution in [0.25, 0.3) is 11.0 Å². The van der Waals surface area contributed by atoms with E-state index in [-0.39, 0.29) is 18.4 Å². The third kappa shape index (κ3) is 2.77. The molecule has 3 heterocycles. The minimum Gasteiger partial charge on any atom is -0.356 e. The van der Waals surface area contributed by atoms with E-state index in [1.165, 1.54) is 0 Å². The Morgan fingerprint density at radius 3 is 2.92 bits per heavy atom. The number of hydrogen-bond acceptors (Lipinski definition) is 4. The Kier molecular flexibility index (Phi) is 3.99. The van der Waals surface area contributed by atoms with Gasteiger partial charge in [0.15, 0.2) is 5.58 Å². The smallest absolute Gasteiger partial charge is 0.229 e. The van der Waals surface area contributed by atoms with Crippen LogP contribution in [0.3, 0.4) is 0 Å². The Bertz CT molecular complexity index is 844. The number of piperidine rings is 1. The summed E-state index contributed by atoms with van der Waals surface area (Å²) in [5.41, 5.74) is 2.40. The summed E-state index contributed by atoms with van der Waals surface area (Å²) in [4.78, 5) is 19.3. The molecule has 4 rings (SSSR count). The lowest BCUT2D eigenvalue weighted by molar-refractivity contribution is -0.134.